The van der Waals surface area contributed by atoms with E-state index in [1.807, 2.05) is 6.92 Å². The monoisotopic (exact) mass is 472 g/mol. The lowest BCUT2D eigenvalue weighted by Crippen LogP contribution is -2.63. The van der Waals surface area contributed by atoms with Crippen LogP contribution in [-0.2, 0) is 14.3 Å². The molecule has 5 aliphatic rings. The number of rotatable bonds is 4. The minimum Gasteiger partial charge on any atom is -0.481 e. The normalized spacial score (nSPS) is 49.2. The molecule has 5 saturated carbocycles. The summed E-state index contributed by atoms with van der Waals surface area (Å²) >= 11 is 0. The second kappa shape index (κ2) is 8.23. The van der Waals surface area contributed by atoms with E-state index in [-0.39, 0.29) is 22.9 Å². The summed E-state index contributed by atoms with van der Waals surface area (Å²) in [5, 5.41) is 10.2. The summed E-state index contributed by atoms with van der Waals surface area (Å²) in [6, 6.07) is 0. The lowest BCUT2D eigenvalue weighted by molar-refractivity contribution is -0.222. The predicted molar refractivity (Wildman–Crippen MR) is 133 cm³/mol. The van der Waals surface area contributed by atoms with Gasteiger partial charge >= 0.3 is 11.9 Å². The fourth-order valence-electron chi connectivity index (χ4n) is 11.2. The zero-order chi connectivity index (χ0) is 24.5. The number of fused-ring (bicyclic) bond motifs is 7. The second-order valence-corrected chi connectivity index (χ2v) is 14.1. The topological polar surface area (TPSA) is 63.6 Å². The molecule has 192 valence electrons. The van der Waals surface area contributed by atoms with Crippen LogP contribution in [0.3, 0.4) is 0 Å². The quantitative estimate of drug-likeness (QED) is 0.438. The van der Waals surface area contributed by atoms with Crippen LogP contribution in [0.4, 0.5) is 0 Å². The van der Waals surface area contributed by atoms with E-state index in [9.17, 15) is 14.7 Å². The van der Waals surface area contributed by atoms with Gasteiger partial charge in [0.15, 0.2) is 0 Å². The van der Waals surface area contributed by atoms with Crippen molar-refractivity contribution < 1.29 is 19.4 Å². The molecular formula is C30H48O4. The summed E-state index contributed by atoms with van der Waals surface area (Å²) in [6.45, 7) is 12.0. The van der Waals surface area contributed by atoms with Gasteiger partial charge in [-0.25, -0.2) is 0 Å². The van der Waals surface area contributed by atoms with Gasteiger partial charge in [-0.05, 0) is 111 Å². The molecule has 0 amide bonds. The molecule has 0 radical (unpaired) electrons. The molecular weight excluding hydrogens is 424 g/mol. The Labute approximate surface area is 207 Å². The first-order valence-corrected chi connectivity index (χ1v) is 14.4. The standard InChI is InChI=1S/C30H48O4/c1-6-8-25(31)34-24-14-17-29(5)22(27(24,2)3)13-16-28(4)20-12-18-30(26(32)33)15-7-9-21(30)19(20)10-11-23(28)29/h19-24H,6-18H2,1-5H3,(H,32,33). The molecule has 0 aromatic rings. The average Bonchev–Trinajstić information content (AvgIpc) is 3.22. The van der Waals surface area contributed by atoms with Crippen molar-refractivity contribution in [2.45, 2.75) is 124 Å². The number of carbonyl (C=O) groups excluding carboxylic acids is 1. The Bertz CT molecular complexity index is 834. The largest absolute Gasteiger partial charge is 0.481 e. The maximum absolute atomic E-state index is 12.4. The van der Waals surface area contributed by atoms with Crippen molar-refractivity contribution >= 4 is 11.9 Å². The molecule has 0 aliphatic heterocycles. The zero-order valence-corrected chi connectivity index (χ0v) is 22.3. The summed E-state index contributed by atoms with van der Waals surface area (Å²) < 4.78 is 6.07. The lowest BCUT2D eigenvalue weighted by atomic mass is 9.36. The molecule has 4 heteroatoms. The molecule has 0 aromatic heterocycles. The second-order valence-electron chi connectivity index (χ2n) is 14.1. The smallest absolute Gasteiger partial charge is 0.309 e. The Hall–Kier alpha value is -1.06. The van der Waals surface area contributed by atoms with Gasteiger partial charge in [0.25, 0.3) is 0 Å². The molecule has 9 unspecified atom stereocenters. The summed E-state index contributed by atoms with van der Waals surface area (Å²) in [5.41, 5.74) is 0.189. The van der Waals surface area contributed by atoms with Crippen LogP contribution in [0.1, 0.15) is 118 Å². The molecule has 34 heavy (non-hydrogen) atoms. The van der Waals surface area contributed by atoms with Crippen LogP contribution in [0.2, 0.25) is 0 Å². The third kappa shape index (κ3) is 3.28. The molecule has 0 aromatic carbocycles. The Morgan fingerprint density at radius 2 is 1.56 bits per heavy atom. The van der Waals surface area contributed by atoms with Crippen LogP contribution >= 0.6 is 0 Å². The third-order valence-electron chi connectivity index (χ3n) is 12.6. The minimum atomic E-state index is -0.505. The van der Waals surface area contributed by atoms with Crippen molar-refractivity contribution in [2.75, 3.05) is 0 Å². The van der Waals surface area contributed by atoms with Crippen LogP contribution in [0.25, 0.3) is 0 Å². The number of carboxylic acid groups (broad SMARTS) is 1. The van der Waals surface area contributed by atoms with E-state index in [1.54, 1.807) is 0 Å². The van der Waals surface area contributed by atoms with Gasteiger partial charge in [0.1, 0.15) is 6.10 Å². The van der Waals surface area contributed by atoms with Crippen LogP contribution in [-0.4, -0.2) is 23.1 Å². The highest BCUT2D eigenvalue weighted by atomic mass is 16.5. The van der Waals surface area contributed by atoms with Gasteiger partial charge in [-0.2, -0.15) is 0 Å². The summed E-state index contributed by atoms with van der Waals surface area (Å²) in [4.78, 5) is 24.8. The first-order chi connectivity index (χ1) is 16.0. The van der Waals surface area contributed by atoms with Gasteiger partial charge in [-0.1, -0.05) is 41.0 Å². The molecule has 0 spiro atoms. The molecule has 9 atom stereocenters. The van der Waals surface area contributed by atoms with E-state index in [1.165, 1.54) is 25.7 Å². The highest BCUT2D eigenvalue weighted by molar-refractivity contribution is 5.75. The van der Waals surface area contributed by atoms with E-state index in [0.29, 0.717) is 41.4 Å². The number of carbonyl (C=O) groups is 2. The van der Waals surface area contributed by atoms with Crippen molar-refractivity contribution in [1.82, 2.24) is 0 Å². The minimum absolute atomic E-state index is 0.00502. The zero-order valence-electron chi connectivity index (χ0n) is 22.3. The summed E-state index contributed by atoms with van der Waals surface area (Å²) in [6.07, 6.45) is 13.7. The average molecular weight is 473 g/mol. The maximum Gasteiger partial charge on any atom is 0.309 e. The van der Waals surface area contributed by atoms with Crippen molar-refractivity contribution in [1.29, 1.82) is 0 Å². The fourth-order valence-corrected chi connectivity index (χ4v) is 11.2. The van der Waals surface area contributed by atoms with Crippen molar-refractivity contribution in [2.24, 2.45) is 51.2 Å². The Morgan fingerprint density at radius 1 is 0.824 bits per heavy atom. The number of hydrogen-bond donors (Lipinski definition) is 1. The fraction of sp³-hybridized carbons (Fsp3) is 0.933. The van der Waals surface area contributed by atoms with E-state index in [0.717, 1.165) is 51.4 Å². The number of aliphatic carboxylic acids is 1. The number of carboxylic acids is 1. The van der Waals surface area contributed by atoms with Gasteiger partial charge in [0.05, 0.1) is 5.41 Å². The molecule has 1 N–H and O–H groups in total. The highest BCUT2D eigenvalue weighted by Crippen LogP contribution is 2.73. The predicted octanol–water partition coefficient (Wildman–Crippen LogP) is 7.25. The van der Waals surface area contributed by atoms with Crippen LogP contribution in [0, 0.1) is 51.2 Å². The SMILES string of the molecule is CCCC(=O)OC1CCC2(C)C(CCC3(C)C4CCC5(C(=O)O)CCCC5C4CCC32)C1(C)C. The van der Waals surface area contributed by atoms with Gasteiger partial charge in [0.2, 0.25) is 0 Å². The molecule has 0 saturated heterocycles. The first-order valence-electron chi connectivity index (χ1n) is 14.4. The Kier molecular flexibility index (Phi) is 5.96. The van der Waals surface area contributed by atoms with E-state index < -0.39 is 11.4 Å². The van der Waals surface area contributed by atoms with Crippen molar-refractivity contribution in [3.8, 4) is 0 Å². The Balaban J connectivity index is 1.40. The van der Waals surface area contributed by atoms with Crippen LogP contribution < -0.4 is 0 Å². The molecule has 0 bridgehead atoms. The first kappa shape index (κ1) is 24.6. The molecule has 5 fully saturated rings. The van der Waals surface area contributed by atoms with E-state index in [2.05, 4.69) is 27.7 Å². The van der Waals surface area contributed by atoms with Gasteiger partial charge < -0.3 is 9.84 Å². The maximum atomic E-state index is 12.4. The van der Waals surface area contributed by atoms with E-state index in [4.69, 9.17) is 4.74 Å². The van der Waals surface area contributed by atoms with Crippen molar-refractivity contribution in [3.05, 3.63) is 0 Å². The summed E-state index contributed by atoms with van der Waals surface area (Å²) in [7, 11) is 0. The highest BCUT2D eigenvalue weighted by Gasteiger charge is 2.67. The molecule has 5 rings (SSSR count). The van der Waals surface area contributed by atoms with E-state index >= 15 is 0 Å². The van der Waals surface area contributed by atoms with Gasteiger partial charge in [0, 0.05) is 11.8 Å². The molecule has 4 nitrogen and oxygen atoms in total. The third-order valence-corrected chi connectivity index (χ3v) is 12.6. The van der Waals surface area contributed by atoms with Crippen molar-refractivity contribution in [3.63, 3.8) is 0 Å². The van der Waals surface area contributed by atoms with Gasteiger partial charge in [-0.15, -0.1) is 0 Å². The van der Waals surface area contributed by atoms with Crippen LogP contribution in [0.5, 0.6) is 0 Å². The lowest BCUT2D eigenvalue weighted by Gasteiger charge is -2.69. The number of ether oxygens (including phenoxy) is 1. The van der Waals surface area contributed by atoms with Crippen LogP contribution in [0.15, 0.2) is 0 Å². The van der Waals surface area contributed by atoms with Gasteiger partial charge in [-0.3, -0.25) is 9.59 Å². The Morgan fingerprint density at radius 3 is 2.26 bits per heavy atom. The molecule has 5 aliphatic carbocycles. The summed E-state index contributed by atoms with van der Waals surface area (Å²) in [5.74, 6) is 2.44. The number of hydrogen-bond acceptors (Lipinski definition) is 3. The molecule has 0 heterocycles. The number of esters is 1.